The molecule has 1 saturated heterocycles. The maximum Gasteiger partial charge on any atom is 0.255 e. The molecular formula is C15H18N4O2S. The number of pyridine rings is 1. The summed E-state index contributed by atoms with van der Waals surface area (Å²) in [4.78, 5) is 34.7. The monoisotopic (exact) mass is 318 g/mol. The molecule has 3 rings (SSSR count). The topological polar surface area (TPSA) is 69.3 Å². The maximum atomic E-state index is 12.5. The lowest BCUT2D eigenvalue weighted by Gasteiger charge is -2.21. The van der Waals surface area contributed by atoms with Crippen molar-refractivity contribution in [3.8, 4) is 0 Å². The normalized spacial score (nSPS) is 15.7. The van der Waals surface area contributed by atoms with E-state index in [-0.39, 0.29) is 11.5 Å². The number of amides is 1. The molecule has 0 aromatic carbocycles. The minimum Gasteiger partial charge on any atom is -0.346 e. The van der Waals surface area contributed by atoms with Crippen molar-refractivity contribution in [2.45, 2.75) is 13.3 Å². The number of hydrogen-bond acceptors (Lipinski definition) is 5. The van der Waals surface area contributed by atoms with Gasteiger partial charge in [0.25, 0.3) is 5.91 Å². The fourth-order valence-electron chi connectivity index (χ4n) is 2.52. The molecule has 1 amide bonds. The van der Waals surface area contributed by atoms with E-state index < -0.39 is 0 Å². The Morgan fingerprint density at radius 2 is 2.14 bits per heavy atom. The summed E-state index contributed by atoms with van der Waals surface area (Å²) in [6, 6.07) is 2.96. The Labute approximate surface area is 132 Å². The molecule has 1 N–H and O–H groups in total. The molecule has 0 saturated carbocycles. The third kappa shape index (κ3) is 3.19. The van der Waals surface area contributed by atoms with Gasteiger partial charge in [-0.3, -0.25) is 9.59 Å². The standard InChI is InChI=1S/C15H18N4O2S/c1-11-10-22-15(17-11)19-6-2-5-18(7-8-19)14(21)12-3-4-13(20)16-9-12/h3-4,9-10H,2,5-8H2,1H3,(H,16,20). The minimum absolute atomic E-state index is 0.0339. The van der Waals surface area contributed by atoms with E-state index in [4.69, 9.17) is 0 Å². The Morgan fingerprint density at radius 1 is 1.27 bits per heavy atom. The van der Waals surface area contributed by atoms with Crippen molar-refractivity contribution in [2.24, 2.45) is 0 Å². The predicted octanol–water partition coefficient (Wildman–Crippen LogP) is 1.49. The quantitative estimate of drug-likeness (QED) is 0.911. The summed E-state index contributed by atoms with van der Waals surface area (Å²) in [5, 5.41) is 3.07. The van der Waals surface area contributed by atoms with E-state index in [9.17, 15) is 9.59 Å². The number of thiazole rings is 1. The number of anilines is 1. The number of nitrogens with one attached hydrogen (secondary N) is 1. The Balaban J connectivity index is 1.68. The largest absolute Gasteiger partial charge is 0.346 e. The van der Waals surface area contributed by atoms with Crippen molar-refractivity contribution in [3.63, 3.8) is 0 Å². The van der Waals surface area contributed by atoms with Crippen LogP contribution in [0.2, 0.25) is 0 Å². The van der Waals surface area contributed by atoms with Crippen LogP contribution in [0.1, 0.15) is 22.5 Å². The summed E-state index contributed by atoms with van der Waals surface area (Å²) >= 11 is 1.64. The van der Waals surface area contributed by atoms with Crippen LogP contribution in [0, 0.1) is 6.92 Å². The van der Waals surface area contributed by atoms with Gasteiger partial charge < -0.3 is 14.8 Å². The van der Waals surface area contributed by atoms with Crippen molar-refractivity contribution in [1.29, 1.82) is 0 Å². The first-order valence-corrected chi connectivity index (χ1v) is 8.16. The molecule has 0 radical (unpaired) electrons. The highest BCUT2D eigenvalue weighted by atomic mass is 32.1. The van der Waals surface area contributed by atoms with E-state index in [2.05, 4.69) is 14.9 Å². The van der Waals surface area contributed by atoms with Gasteiger partial charge >= 0.3 is 0 Å². The average Bonchev–Trinajstić information content (AvgIpc) is 2.81. The van der Waals surface area contributed by atoms with Crippen LogP contribution in [-0.4, -0.2) is 47.0 Å². The molecule has 1 aliphatic rings. The maximum absolute atomic E-state index is 12.5. The van der Waals surface area contributed by atoms with Crippen LogP contribution in [0.15, 0.2) is 28.5 Å². The second kappa shape index (κ2) is 6.31. The summed E-state index contributed by atoms with van der Waals surface area (Å²) in [7, 11) is 0. The van der Waals surface area contributed by atoms with Crippen LogP contribution >= 0.6 is 11.3 Å². The molecule has 0 atom stereocenters. The van der Waals surface area contributed by atoms with Gasteiger partial charge in [0.15, 0.2) is 5.13 Å². The second-order valence-corrected chi connectivity index (χ2v) is 6.18. The molecule has 0 bridgehead atoms. The fourth-order valence-corrected chi connectivity index (χ4v) is 3.38. The van der Waals surface area contributed by atoms with Crippen LogP contribution in [0.4, 0.5) is 5.13 Å². The van der Waals surface area contributed by atoms with Crippen LogP contribution < -0.4 is 10.5 Å². The van der Waals surface area contributed by atoms with E-state index >= 15 is 0 Å². The van der Waals surface area contributed by atoms with Gasteiger partial charge in [-0.25, -0.2) is 4.98 Å². The smallest absolute Gasteiger partial charge is 0.255 e. The van der Waals surface area contributed by atoms with Crippen molar-refractivity contribution < 1.29 is 4.79 Å². The lowest BCUT2D eigenvalue weighted by Crippen LogP contribution is -2.35. The zero-order valence-corrected chi connectivity index (χ0v) is 13.2. The first kappa shape index (κ1) is 14.8. The number of aromatic amines is 1. The zero-order valence-electron chi connectivity index (χ0n) is 12.4. The van der Waals surface area contributed by atoms with E-state index in [1.165, 1.54) is 12.3 Å². The number of H-pyrrole nitrogens is 1. The van der Waals surface area contributed by atoms with Gasteiger partial charge in [0.2, 0.25) is 5.56 Å². The first-order chi connectivity index (χ1) is 10.6. The van der Waals surface area contributed by atoms with Gasteiger partial charge in [-0.1, -0.05) is 0 Å². The number of rotatable bonds is 2. The van der Waals surface area contributed by atoms with Gasteiger partial charge in [-0.05, 0) is 19.4 Å². The Hall–Kier alpha value is -2.15. The molecule has 3 heterocycles. The lowest BCUT2D eigenvalue weighted by atomic mass is 10.2. The van der Waals surface area contributed by atoms with E-state index in [1.54, 1.807) is 17.4 Å². The molecule has 1 aliphatic heterocycles. The van der Waals surface area contributed by atoms with Gasteiger partial charge in [0.05, 0.1) is 11.3 Å². The molecule has 116 valence electrons. The molecular weight excluding hydrogens is 300 g/mol. The summed E-state index contributed by atoms with van der Waals surface area (Å²) in [6.07, 6.45) is 2.39. The van der Waals surface area contributed by atoms with E-state index in [1.807, 2.05) is 17.2 Å². The molecule has 7 heteroatoms. The Bertz CT molecular complexity index is 704. The highest BCUT2D eigenvalue weighted by Gasteiger charge is 2.21. The summed E-state index contributed by atoms with van der Waals surface area (Å²) in [6.45, 7) is 5.06. The molecule has 0 unspecified atom stereocenters. The third-order valence-electron chi connectivity index (χ3n) is 3.69. The number of nitrogens with zero attached hydrogens (tertiary/aromatic N) is 3. The van der Waals surface area contributed by atoms with E-state index in [0.717, 1.165) is 36.9 Å². The van der Waals surface area contributed by atoms with Crippen molar-refractivity contribution >= 4 is 22.4 Å². The van der Waals surface area contributed by atoms with Gasteiger partial charge in [0.1, 0.15) is 0 Å². The first-order valence-electron chi connectivity index (χ1n) is 7.28. The number of carbonyl (C=O) groups excluding carboxylic acids is 1. The number of carbonyl (C=O) groups is 1. The second-order valence-electron chi connectivity index (χ2n) is 5.35. The van der Waals surface area contributed by atoms with Gasteiger partial charge in [-0.15, -0.1) is 11.3 Å². The molecule has 0 spiro atoms. The molecule has 22 heavy (non-hydrogen) atoms. The van der Waals surface area contributed by atoms with Gasteiger partial charge in [-0.2, -0.15) is 0 Å². The van der Waals surface area contributed by atoms with Crippen LogP contribution in [-0.2, 0) is 0 Å². The minimum atomic E-state index is -0.197. The van der Waals surface area contributed by atoms with Crippen molar-refractivity contribution in [1.82, 2.24) is 14.9 Å². The van der Waals surface area contributed by atoms with Gasteiger partial charge in [0, 0.05) is 43.8 Å². The lowest BCUT2D eigenvalue weighted by molar-refractivity contribution is 0.0766. The number of aromatic nitrogens is 2. The highest BCUT2D eigenvalue weighted by molar-refractivity contribution is 7.13. The molecule has 1 fully saturated rings. The average molecular weight is 318 g/mol. The van der Waals surface area contributed by atoms with E-state index in [0.29, 0.717) is 12.1 Å². The number of aryl methyl sites for hydroxylation is 1. The van der Waals surface area contributed by atoms with Crippen molar-refractivity contribution in [2.75, 3.05) is 31.1 Å². The molecule has 2 aromatic heterocycles. The highest BCUT2D eigenvalue weighted by Crippen LogP contribution is 2.21. The fraction of sp³-hybridized carbons (Fsp3) is 0.400. The van der Waals surface area contributed by atoms with Crippen LogP contribution in [0.3, 0.4) is 0 Å². The summed E-state index contributed by atoms with van der Waals surface area (Å²) in [5.41, 5.74) is 1.36. The SMILES string of the molecule is Cc1csc(N2CCCN(C(=O)c3ccc(=O)[nH]c3)CC2)n1. The molecule has 6 nitrogen and oxygen atoms in total. The summed E-state index contributed by atoms with van der Waals surface area (Å²) < 4.78 is 0. The Morgan fingerprint density at radius 3 is 2.82 bits per heavy atom. The summed E-state index contributed by atoms with van der Waals surface area (Å²) in [5.74, 6) is -0.0339. The number of hydrogen-bond donors (Lipinski definition) is 1. The van der Waals surface area contributed by atoms with Crippen LogP contribution in [0.25, 0.3) is 0 Å². The zero-order chi connectivity index (χ0) is 15.5. The molecule has 2 aromatic rings. The predicted molar refractivity (Wildman–Crippen MR) is 86.6 cm³/mol. The molecule has 0 aliphatic carbocycles. The van der Waals surface area contributed by atoms with Crippen molar-refractivity contribution in [3.05, 3.63) is 45.3 Å². The van der Waals surface area contributed by atoms with Crippen LogP contribution in [0.5, 0.6) is 0 Å². The third-order valence-corrected chi connectivity index (χ3v) is 4.71. The Kier molecular flexibility index (Phi) is 4.24.